The molecule has 4 aromatic rings. The summed E-state index contributed by atoms with van der Waals surface area (Å²) in [5.41, 5.74) is 1.89. The molecule has 1 fully saturated rings. The number of hydrogen-bond donors (Lipinski definition) is 1. The number of nitrogens with zero attached hydrogens (tertiary/aromatic N) is 4. The maximum atomic E-state index is 13.2. The summed E-state index contributed by atoms with van der Waals surface area (Å²) < 4.78 is 35.0. The van der Waals surface area contributed by atoms with Crippen LogP contribution in [0.25, 0.3) is 10.9 Å². The lowest BCUT2D eigenvalue weighted by molar-refractivity contribution is -0.134. The molecule has 1 aliphatic rings. The predicted octanol–water partition coefficient (Wildman–Crippen LogP) is 3.89. The van der Waals surface area contributed by atoms with E-state index < -0.39 is 10.0 Å². The van der Waals surface area contributed by atoms with Gasteiger partial charge in [-0.25, -0.2) is 13.4 Å². The third kappa shape index (κ3) is 4.89. The summed E-state index contributed by atoms with van der Waals surface area (Å²) in [6, 6.07) is 14.7. The highest BCUT2D eigenvalue weighted by atomic mass is 32.2. The molecule has 1 amide bonds. The highest BCUT2D eigenvalue weighted by Crippen LogP contribution is 2.25. The van der Waals surface area contributed by atoms with Crippen LogP contribution < -0.4 is 14.4 Å². The minimum Gasteiger partial charge on any atom is -0.497 e. The molecule has 0 saturated carbocycles. The highest BCUT2D eigenvalue weighted by Gasteiger charge is 2.28. The molecule has 0 bridgehead atoms. The van der Waals surface area contributed by atoms with Gasteiger partial charge in [-0.2, -0.15) is 0 Å². The van der Waals surface area contributed by atoms with E-state index in [1.165, 1.54) is 11.3 Å². The highest BCUT2D eigenvalue weighted by molar-refractivity contribution is 7.93. The van der Waals surface area contributed by atoms with Crippen molar-refractivity contribution >= 4 is 49.0 Å². The van der Waals surface area contributed by atoms with Crippen molar-refractivity contribution < 1.29 is 19.4 Å². The summed E-state index contributed by atoms with van der Waals surface area (Å²) in [5.74, 6) is 0.826. The summed E-state index contributed by atoms with van der Waals surface area (Å²) in [4.78, 5) is 21.4. The molecule has 1 aliphatic heterocycles. The Bertz CT molecular complexity index is 1470. The number of thiazole rings is 1. The van der Waals surface area contributed by atoms with Crippen molar-refractivity contribution in [2.24, 2.45) is 0 Å². The predicted molar refractivity (Wildman–Crippen MR) is 143 cm³/mol. The van der Waals surface area contributed by atoms with Gasteiger partial charge in [-0.1, -0.05) is 0 Å². The molecule has 0 radical (unpaired) electrons. The zero-order valence-corrected chi connectivity index (χ0v) is 21.6. The van der Waals surface area contributed by atoms with Crippen molar-refractivity contribution in [1.82, 2.24) is 14.5 Å². The van der Waals surface area contributed by atoms with Crippen LogP contribution in [0.5, 0.6) is 5.75 Å². The van der Waals surface area contributed by atoms with E-state index in [1.54, 1.807) is 43.0 Å². The quantitative estimate of drug-likeness (QED) is 0.392. The molecule has 2 aromatic carbocycles. The van der Waals surface area contributed by atoms with Crippen molar-refractivity contribution in [3.05, 3.63) is 66.3 Å². The van der Waals surface area contributed by atoms with Crippen molar-refractivity contribution in [1.29, 1.82) is 0 Å². The van der Waals surface area contributed by atoms with Crippen LogP contribution in [0.1, 0.15) is 8.35 Å². The largest absolute Gasteiger partial charge is 0.497 e. The van der Waals surface area contributed by atoms with Gasteiger partial charge in [-0.3, -0.25) is 9.52 Å². The maximum absolute atomic E-state index is 13.2. The SMILES string of the molecule is COc1ccc2ccn(CC(=O)N3CCN(c4ccc(S(=O)(=O)Nc5nccs5)cc4)CC3C)c2c1.[HH]. The van der Waals surface area contributed by atoms with Crippen LogP contribution in [-0.4, -0.2) is 61.6 Å². The molecule has 3 heterocycles. The van der Waals surface area contributed by atoms with E-state index in [0.717, 1.165) is 22.3 Å². The molecule has 0 aliphatic carbocycles. The fourth-order valence-electron chi connectivity index (χ4n) is 4.51. The van der Waals surface area contributed by atoms with Gasteiger partial charge >= 0.3 is 0 Å². The van der Waals surface area contributed by atoms with Gasteiger partial charge in [0.1, 0.15) is 12.3 Å². The summed E-state index contributed by atoms with van der Waals surface area (Å²) in [5, 5.41) is 3.11. The van der Waals surface area contributed by atoms with Crippen molar-refractivity contribution in [3.8, 4) is 5.75 Å². The number of sulfonamides is 1. The number of piperazine rings is 1. The Balaban J connectivity index is 0.00000320. The molecule has 1 N–H and O–H groups in total. The Morgan fingerprint density at radius 1 is 1.19 bits per heavy atom. The number of benzene rings is 2. The van der Waals surface area contributed by atoms with Gasteiger partial charge in [-0.05, 0) is 54.8 Å². The lowest BCUT2D eigenvalue weighted by Crippen LogP contribution is -2.54. The second-order valence-electron chi connectivity index (χ2n) is 8.69. The smallest absolute Gasteiger partial charge is 0.263 e. The number of amides is 1. The second-order valence-corrected chi connectivity index (χ2v) is 11.3. The molecule has 9 nitrogen and oxygen atoms in total. The minimum atomic E-state index is -3.69. The van der Waals surface area contributed by atoms with Crippen LogP contribution in [0.15, 0.2) is 71.2 Å². The van der Waals surface area contributed by atoms with Gasteiger partial charge in [0.2, 0.25) is 5.91 Å². The molecule has 1 saturated heterocycles. The molecule has 1 unspecified atom stereocenters. The molecule has 11 heteroatoms. The summed E-state index contributed by atoms with van der Waals surface area (Å²) in [6.07, 6.45) is 3.48. The van der Waals surface area contributed by atoms with Crippen molar-refractivity contribution in [3.63, 3.8) is 0 Å². The zero-order chi connectivity index (χ0) is 25.3. The Morgan fingerprint density at radius 3 is 2.69 bits per heavy atom. The first-order chi connectivity index (χ1) is 17.3. The zero-order valence-electron chi connectivity index (χ0n) is 20.0. The fourth-order valence-corrected chi connectivity index (χ4v) is 6.30. The normalized spacial score (nSPS) is 16.3. The number of rotatable bonds is 7. The molecule has 36 heavy (non-hydrogen) atoms. The van der Waals surface area contributed by atoms with Crippen molar-refractivity contribution in [2.45, 2.75) is 24.4 Å². The number of methoxy groups -OCH3 is 1. The van der Waals surface area contributed by atoms with E-state index in [4.69, 9.17) is 4.74 Å². The van der Waals surface area contributed by atoms with Gasteiger partial charge in [0.05, 0.1) is 17.5 Å². The average molecular weight is 528 g/mol. The Labute approximate surface area is 215 Å². The number of nitrogens with one attached hydrogen (secondary N) is 1. The van der Waals surface area contributed by atoms with Crippen LogP contribution in [0.4, 0.5) is 10.8 Å². The van der Waals surface area contributed by atoms with Gasteiger partial charge in [0.25, 0.3) is 10.0 Å². The third-order valence-corrected chi connectivity index (χ3v) is 8.57. The minimum absolute atomic E-state index is 0. The fraction of sp³-hybridized carbons (Fsp3) is 0.280. The Kier molecular flexibility index (Phi) is 6.59. The standard InChI is InChI=1S/C25H27N5O4S2.H2/c1-18-16-28(20-4-7-22(8-5-20)36(32,33)27-25-26-10-14-35-25)12-13-30(18)24(31)17-29-11-9-19-3-6-21(34-2)15-23(19)29;/h3-11,14-15,18H,12-13,16-17H2,1-2H3,(H,26,27);1H. The van der Waals surface area contributed by atoms with E-state index in [0.29, 0.717) is 24.8 Å². The van der Waals surface area contributed by atoms with Gasteiger partial charge < -0.3 is 19.1 Å². The monoisotopic (exact) mass is 527 g/mol. The molecule has 0 spiro atoms. The number of anilines is 2. The molecule has 190 valence electrons. The van der Waals surface area contributed by atoms with Crippen LogP contribution in [0.3, 0.4) is 0 Å². The van der Waals surface area contributed by atoms with Gasteiger partial charge in [0.15, 0.2) is 5.13 Å². The first-order valence-corrected chi connectivity index (χ1v) is 13.9. The van der Waals surface area contributed by atoms with E-state index >= 15 is 0 Å². The molecule has 2 aromatic heterocycles. The summed E-state index contributed by atoms with van der Waals surface area (Å²) in [7, 11) is -2.06. The second kappa shape index (κ2) is 9.82. The van der Waals surface area contributed by atoms with Crippen LogP contribution >= 0.6 is 11.3 Å². The molecular formula is C25H29N5O4S2. The van der Waals surface area contributed by atoms with E-state index in [1.807, 2.05) is 46.9 Å². The van der Waals surface area contributed by atoms with Crippen LogP contribution in [0, 0.1) is 0 Å². The Hall–Kier alpha value is -3.57. The topological polar surface area (TPSA) is 96.8 Å². The van der Waals surface area contributed by atoms with Gasteiger partial charge in [-0.15, -0.1) is 11.3 Å². The number of carbonyl (C=O) groups is 1. The number of fused-ring (bicyclic) bond motifs is 1. The Morgan fingerprint density at radius 2 is 2.00 bits per heavy atom. The number of ether oxygens (including phenoxy) is 1. The lowest BCUT2D eigenvalue weighted by Gasteiger charge is -2.41. The van der Waals surface area contributed by atoms with E-state index in [9.17, 15) is 13.2 Å². The average Bonchev–Trinajstić information content (AvgIpc) is 3.53. The third-order valence-electron chi connectivity index (χ3n) is 6.40. The van der Waals surface area contributed by atoms with Crippen LogP contribution in [-0.2, 0) is 21.4 Å². The maximum Gasteiger partial charge on any atom is 0.263 e. The van der Waals surface area contributed by atoms with Crippen LogP contribution in [0.2, 0.25) is 0 Å². The molecule has 5 rings (SSSR count). The molecular weight excluding hydrogens is 498 g/mol. The van der Waals surface area contributed by atoms with Crippen molar-refractivity contribution in [2.75, 3.05) is 36.4 Å². The molecule has 1 atom stereocenters. The first-order valence-electron chi connectivity index (χ1n) is 11.5. The lowest BCUT2D eigenvalue weighted by atomic mass is 10.1. The summed E-state index contributed by atoms with van der Waals surface area (Å²) in [6.45, 7) is 4.22. The first kappa shape index (κ1) is 24.1. The van der Waals surface area contributed by atoms with E-state index in [-0.39, 0.29) is 24.8 Å². The number of aromatic nitrogens is 2. The van der Waals surface area contributed by atoms with E-state index in [2.05, 4.69) is 14.6 Å². The van der Waals surface area contributed by atoms with Gasteiger partial charge in [0, 0.05) is 56.6 Å². The number of hydrogen-bond acceptors (Lipinski definition) is 7. The number of carbonyl (C=O) groups excluding carboxylic acids is 1. The summed E-state index contributed by atoms with van der Waals surface area (Å²) >= 11 is 1.23.